The fourth-order valence-electron chi connectivity index (χ4n) is 3.98. The summed E-state index contributed by atoms with van der Waals surface area (Å²) < 4.78 is 16.7. The van der Waals surface area contributed by atoms with E-state index in [2.05, 4.69) is 18.6 Å². The molecule has 0 radical (unpaired) electrons. The number of aromatic hydroxyl groups is 1. The van der Waals surface area contributed by atoms with Gasteiger partial charge in [-0.2, -0.15) is 0 Å². The van der Waals surface area contributed by atoms with Gasteiger partial charge in [-0.25, -0.2) is 4.79 Å². The minimum Gasteiger partial charge on any atom is -0.504 e. The molecule has 0 heterocycles. The number of para-hydroxylation sites is 1. The van der Waals surface area contributed by atoms with Gasteiger partial charge < -0.3 is 24.4 Å². The summed E-state index contributed by atoms with van der Waals surface area (Å²) in [6.07, 6.45) is 16.5. The number of phenolic OH excluding ortho intramolecular Hbond substituents is 1. The number of phenols is 1. The Kier molecular flexibility index (Phi) is 18.3. The van der Waals surface area contributed by atoms with Gasteiger partial charge in [0.05, 0.1) is 0 Å². The molecule has 0 spiro atoms. The molecule has 0 saturated heterocycles. The molecule has 34 heavy (non-hydrogen) atoms. The quantitative estimate of drug-likeness (QED) is 0.0752. The van der Waals surface area contributed by atoms with Gasteiger partial charge in [-0.05, 0) is 50.2 Å². The number of rotatable bonds is 22. The molecular weight excluding hydrogens is 432 g/mol. The van der Waals surface area contributed by atoms with E-state index in [-0.39, 0.29) is 17.8 Å². The Morgan fingerprint density at radius 2 is 1.35 bits per heavy atom. The van der Waals surface area contributed by atoms with Crippen molar-refractivity contribution in [2.45, 2.75) is 123 Å². The first-order chi connectivity index (χ1) is 16.6. The molecule has 0 aromatic heterocycles. The zero-order valence-electron chi connectivity index (χ0n) is 21.6. The van der Waals surface area contributed by atoms with Crippen molar-refractivity contribution < 1.29 is 29.2 Å². The summed E-state index contributed by atoms with van der Waals surface area (Å²) in [5.41, 5.74) is 0.730. The maximum absolute atomic E-state index is 10.7. The molecule has 196 valence electrons. The number of benzene rings is 1. The topological polar surface area (TPSA) is 85.2 Å². The molecule has 1 aromatic carbocycles. The van der Waals surface area contributed by atoms with Gasteiger partial charge >= 0.3 is 6.16 Å². The minimum absolute atomic E-state index is 0.000260. The molecular formula is C28H48O6. The highest BCUT2D eigenvalue weighted by Gasteiger charge is 2.11. The molecule has 0 aliphatic carbocycles. The summed E-state index contributed by atoms with van der Waals surface area (Å²) in [4.78, 5) is 10.7. The van der Waals surface area contributed by atoms with Crippen molar-refractivity contribution >= 4 is 6.16 Å². The highest BCUT2D eigenvalue weighted by Crippen LogP contribution is 2.31. The first kappa shape index (κ1) is 30.2. The zero-order chi connectivity index (χ0) is 24.9. The summed E-state index contributed by atoms with van der Waals surface area (Å²) in [6.45, 7) is 6.04. The van der Waals surface area contributed by atoms with Crippen LogP contribution >= 0.6 is 0 Å². The van der Waals surface area contributed by atoms with Crippen molar-refractivity contribution in [2.24, 2.45) is 0 Å². The van der Waals surface area contributed by atoms with Crippen molar-refractivity contribution in [3.8, 4) is 11.5 Å². The van der Waals surface area contributed by atoms with Crippen molar-refractivity contribution in [2.75, 3.05) is 13.2 Å². The Morgan fingerprint density at radius 3 is 1.94 bits per heavy atom. The van der Waals surface area contributed by atoms with Crippen LogP contribution in [-0.4, -0.2) is 35.9 Å². The lowest BCUT2D eigenvalue weighted by Gasteiger charge is -2.19. The van der Waals surface area contributed by atoms with E-state index in [9.17, 15) is 9.90 Å². The lowest BCUT2D eigenvalue weighted by molar-refractivity contribution is -0.148. The van der Waals surface area contributed by atoms with Crippen LogP contribution in [0.5, 0.6) is 11.5 Å². The molecule has 1 aromatic rings. The summed E-state index contributed by atoms with van der Waals surface area (Å²) in [5.74, 6) is -0.0694. The normalized spacial score (nSPS) is 11.3. The minimum atomic E-state index is -1.42. The molecule has 0 amide bonds. The SMILES string of the molecule is CCCCCCOC(CCCCCCCCc1cccc(OC(=O)O)c1O)OCCCCCC. The molecule has 0 atom stereocenters. The third kappa shape index (κ3) is 15.2. The van der Waals surface area contributed by atoms with Gasteiger partial charge in [0.15, 0.2) is 17.8 Å². The summed E-state index contributed by atoms with van der Waals surface area (Å²) >= 11 is 0. The Balaban J connectivity index is 2.19. The van der Waals surface area contributed by atoms with Crippen LogP contribution < -0.4 is 4.74 Å². The number of ether oxygens (including phenoxy) is 3. The van der Waals surface area contributed by atoms with E-state index in [4.69, 9.17) is 14.6 Å². The fourth-order valence-corrected chi connectivity index (χ4v) is 3.98. The van der Waals surface area contributed by atoms with Crippen molar-refractivity contribution in [3.05, 3.63) is 23.8 Å². The van der Waals surface area contributed by atoms with Crippen LogP contribution in [0.4, 0.5) is 4.79 Å². The highest BCUT2D eigenvalue weighted by atomic mass is 16.7. The second kappa shape index (κ2) is 20.6. The van der Waals surface area contributed by atoms with E-state index in [0.717, 1.165) is 63.7 Å². The smallest absolute Gasteiger partial charge is 0.504 e. The molecule has 0 bridgehead atoms. The Hall–Kier alpha value is -1.79. The number of hydrogen-bond donors (Lipinski definition) is 2. The molecule has 0 fully saturated rings. The Labute approximate surface area is 207 Å². The van der Waals surface area contributed by atoms with E-state index in [1.807, 2.05) is 6.07 Å². The van der Waals surface area contributed by atoms with Crippen LogP contribution in [0.15, 0.2) is 18.2 Å². The first-order valence-corrected chi connectivity index (χ1v) is 13.5. The number of carboxylic acid groups (broad SMARTS) is 1. The van der Waals surface area contributed by atoms with Crippen LogP contribution in [-0.2, 0) is 15.9 Å². The maximum Gasteiger partial charge on any atom is 0.511 e. The van der Waals surface area contributed by atoms with Crippen molar-refractivity contribution in [1.82, 2.24) is 0 Å². The standard InChI is InChI=1S/C28H48O6/c1-3-5-7-15-22-32-26(33-23-16-8-6-4-2)21-14-12-10-9-11-13-18-24-19-17-20-25(27(24)29)34-28(30)31/h17,19-20,26,29H,3-16,18,21-23H2,1-2H3,(H,30,31). The number of aryl methyl sites for hydroxylation is 1. The number of hydrogen-bond acceptors (Lipinski definition) is 5. The van der Waals surface area contributed by atoms with E-state index in [0.29, 0.717) is 6.42 Å². The number of unbranched alkanes of at least 4 members (excludes halogenated alkanes) is 11. The maximum atomic E-state index is 10.7. The summed E-state index contributed by atoms with van der Waals surface area (Å²) in [5, 5.41) is 18.9. The first-order valence-electron chi connectivity index (χ1n) is 13.5. The molecule has 1 rings (SSSR count). The molecule has 0 unspecified atom stereocenters. The van der Waals surface area contributed by atoms with Gasteiger partial charge in [0, 0.05) is 13.2 Å². The lowest BCUT2D eigenvalue weighted by atomic mass is 10.0. The molecule has 0 aliphatic heterocycles. The second-order valence-corrected chi connectivity index (χ2v) is 9.08. The second-order valence-electron chi connectivity index (χ2n) is 9.08. The molecule has 0 saturated carbocycles. The van der Waals surface area contributed by atoms with E-state index >= 15 is 0 Å². The third-order valence-electron chi connectivity index (χ3n) is 6.02. The molecule has 0 aliphatic rings. The van der Waals surface area contributed by atoms with Crippen molar-refractivity contribution in [3.63, 3.8) is 0 Å². The van der Waals surface area contributed by atoms with Gasteiger partial charge in [-0.15, -0.1) is 0 Å². The van der Waals surface area contributed by atoms with Crippen LogP contribution in [0.1, 0.15) is 116 Å². The van der Waals surface area contributed by atoms with Gasteiger partial charge in [0.25, 0.3) is 0 Å². The van der Waals surface area contributed by atoms with Gasteiger partial charge in [-0.1, -0.05) is 90.2 Å². The monoisotopic (exact) mass is 480 g/mol. The highest BCUT2D eigenvalue weighted by molar-refractivity contribution is 5.63. The van der Waals surface area contributed by atoms with E-state index in [1.54, 1.807) is 6.07 Å². The lowest BCUT2D eigenvalue weighted by Crippen LogP contribution is -2.19. The van der Waals surface area contributed by atoms with Crippen LogP contribution in [0.25, 0.3) is 0 Å². The Morgan fingerprint density at radius 1 is 0.794 bits per heavy atom. The number of carbonyl (C=O) groups is 1. The predicted molar refractivity (Wildman–Crippen MR) is 137 cm³/mol. The Bertz CT molecular complexity index is 619. The van der Waals surface area contributed by atoms with Crippen LogP contribution in [0, 0.1) is 0 Å². The molecule has 2 N–H and O–H groups in total. The largest absolute Gasteiger partial charge is 0.511 e. The van der Waals surface area contributed by atoms with Gasteiger partial charge in [0.1, 0.15) is 0 Å². The fraction of sp³-hybridized carbons (Fsp3) is 0.750. The summed E-state index contributed by atoms with van der Waals surface area (Å²) in [6, 6.07) is 4.99. The van der Waals surface area contributed by atoms with Crippen LogP contribution in [0.3, 0.4) is 0 Å². The predicted octanol–water partition coefficient (Wildman–Crippen LogP) is 8.24. The van der Waals surface area contributed by atoms with E-state index in [1.165, 1.54) is 57.4 Å². The van der Waals surface area contributed by atoms with Gasteiger partial charge in [0.2, 0.25) is 0 Å². The van der Waals surface area contributed by atoms with Crippen LogP contribution in [0.2, 0.25) is 0 Å². The van der Waals surface area contributed by atoms with Crippen molar-refractivity contribution in [1.29, 1.82) is 0 Å². The third-order valence-corrected chi connectivity index (χ3v) is 6.02. The average Bonchev–Trinajstić information content (AvgIpc) is 2.81. The molecule has 6 heteroatoms. The van der Waals surface area contributed by atoms with Gasteiger partial charge in [-0.3, -0.25) is 0 Å². The van der Waals surface area contributed by atoms with E-state index < -0.39 is 6.16 Å². The summed E-state index contributed by atoms with van der Waals surface area (Å²) in [7, 11) is 0. The molecule has 6 nitrogen and oxygen atoms in total. The zero-order valence-corrected chi connectivity index (χ0v) is 21.6. The average molecular weight is 481 g/mol.